The van der Waals surface area contributed by atoms with Crippen molar-refractivity contribution in [2.24, 2.45) is 0 Å². The van der Waals surface area contributed by atoms with Crippen molar-refractivity contribution in [3.8, 4) is 0 Å². The summed E-state index contributed by atoms with van der Waals surface area (Å²) < 4.78 is 0. The summed E-state index contributed by atoms with van der Waals surface area (Å²) in [6, 6.07) is 3.55. The van der Waals surface area contributed by atoms with E-state index in [0.29, 0.717) is 4.88 Å². The highest BCUT2D eigenvalue weighted by molar-refractivity contribution is 7.18. The van der Waals surface area contributed by atoms with Crippen LogP contribution in [-0.4, -0.2) is 54.8 Å². The van der Waals surface area contributed by atoms with E-state index in [2.05, 4.69) is 17.3 Å². The van der Waals surface area contributed by atoms with E-state index < -0.39 is 0 Å². The lowest BCUT2D eigenvalue weighted by Crippen LogP contribution is -2.46. The second-order valence-corrected chi connectivity index (χ2v) is 5.52. The molecule has 1 aliphatic heterocycles. The van der Waals surface area contributed by atoms with Gasteiger partial charge in [-0.1, -0.05) is 0 Å². The Balaban J connectivity index is 2.00. The van der Waals surface area contributed by atoms with Crippen LogP contribution in [-0.2, 0) is 4.79 Å². The smallest absolute Gasteiger partial charge is 0.264 e. The Bertz CT molecular complexity index is 450. The van der Waals surface area contributed by atoms with Gasteiger partial charge >= 0.3 is 0 Å². The molecule has 6 heteroatoms. The molecule has 0 radical (unpaired) electrons. The molecule has 1 aromatic rings. The van der Waals surface area contributed by atoms with E-state index in [4.69, 9.17) is 0 Å². The molecule has 2 heterocycles. The summed E-state index contributed by atoms with van der Waals surface area (Å²) in [5.74, 6) is -0.0554. The molecule has 0 bridgehead atoms. The van der Waals surface area contributed by atoms with Gasteiger partial charge in [0.1, 0.15) is 0 Å². The molecule has 1 aliphatic rings. The van der Waals surface area contributed by atoms with Crippen LogP contribution in [0.25, 0.3) is 0 Å². The van der Waals surface area contributed by atoms with Crippen LogP contribution in [0.5, 0.6) is 0 Å². The summed E-state index contributed by atoms with van der Waals surface area (Å²) in [4.78, 5) is 27.9. The third kappa shape index (κ3) is 3.08. The Kier molecular flexibility index (Phi) is 3.98. The molecule has 1 aromatic heterocycles. The molecule has 0 aromatic carbocycles. The Morgan fingerprint density at radius 3 is 2.50 bits per heavy atom. The first kappa shape index (κ1) is 13.0. The van der Waals surface area contributed by atoms with Gasteiger partial charge in [-0.15, -0.1) is 11.3 Å². The molecule has 5 nitrogen and oxygen atoms in total. The highest BCUT2D eigenvalue weighted by Gasteiger charge is 2.21. The molecule has 2 rings (SSSR count). The average molecular weight is 267 g/mol. The van der Waals surface area contributed by atoms with Gasteiger partial charge in [0.2, 0.25) is 5.91 Å². The van der Waals surface area contributed by atoms with E-state index in [-0.39, 0.29) is 11.8 Å². The van der Waals surface area contributed by atoms with Crippen LogP contribution >= 0.6 is 11.3 Å². The maximum atomic E-state index is 12.2. The van der Waals surface area contributed by atoms with Gasteiger partial charge in [-0.2, -0.15) is 0 Å². The van der Waals surface area contributed by atoms with E-state index in [0.717, 1.165) is 31.2 Å². The predicted octanol–water partition coefficient (Wildman–Crippen LogP) is 1.09. The van der Waals surface area contributed by atoms with Crippen LogP contribution in [0.1, 0.15) is 16.6 Å². The number of rotatable bonds is 2. The first-order valence-electron chi connectivity index (χ1n) is 5.91. The van der Waals surface area contributed by atoms with Crippen molar-refractivity contribution in [2.45, 2.75) is 6.92 Å². The van der Waals surface area contributed by atoms with Gasteiger partial charge in [-0.25, -0.2) is 0 Å². The van der Waals surface area contributed by atoms with Gasteiger partial charge in [-0.3, -0.25) is 9.59 Å². The number of anilines is 1. The summed E-state index contributed by atoms with van der Waals surface area (Å²) in [5, 5.41) is 3.41. The van der Waals surface area contributed by atoms with Crippen molar-refractivity contribution in [3.05, 3.63) is 17.0 Å². The van der Waals surface area contributed by atoms with E-state index in [9.17, 15) is 9.59 Å². The number of hydrogen-bond donors (Lipinski definition) is 1. The number of piperazine rings is 1. The van der Waals surface area contributed by atoms with Crippen molar-refractivity contribution in [3.63, 3.8) is 0 Å². The van der Waals surface area contributed by atoms with Crippen molar-refractivity contribution in [1.82, 2.24) is 9.80 Å². The minimum atomic E-state index is -0.115. The van der Waals surface area contributed by atoms with Crippen molar-refractivity contribution >= 4 is 28.2 Å². The highest BCUT2D eigenvalue weighted by Crippen LogP contribution is 2.23. The Labute approximate surface area is 110 Å². The van der Waals surface area contributed by atoms with Crippen LogP contribution in [0.4, 0.5) is 5.00 Å². The van der Waals surface area contributed by atoms with Crippen LogP contribution in [0.3, 0.4) is 0 Å². The number of amides is 2. The van der Waals surface area contributed by atoms with Gasteiger partial charge < -0.3 is 15.1 Å². The standard InChI is InChI=1S/C12H17N3O2S/c1-9(16)13-11-4-3-10(18-11)12(17)15-7-5-14(2)6-8-15/h3-4H,5-8H2,1-2H3,(H,13,16). The number of nitrogens with zero attached hydrogens (tertiary/aromatic N) is 2. The minimum absolute atomic E-state index is 0.0599. The number of nitrogens with one attached hydrogen (secondary N) is 1. The van der Waals surface area contributed by atoms with Crippen LogP contribution < -0.4 is 5.32 Å². The molecular formula is C12H17N3O2S. The zero-order valence-electron chi connectivity index (χ0n) is 10.6. The molecule has 1 fully saturated rings. The molecule has 0 atom stereocenters. The zero-order chi connectivity index (χ0) is 13.1. The fraction of sp³-hybridized carbons (Fsp3) is 0.500. The quantitative estimate of drug-likeness (QED) is 0.873. The minimum Gasteiger partial charge on any atom is -0.335 e. The normalized spacial score (nSPS) is 16.7. The van der Waals surface area contributed by atoms with Gasteiger partial charge in [0.05, 0.1) is 9.88 Å². The molecule has 0 spiro atoms. The van der Waals surface area contributed by atoms with Gasteiger partial charge in [0.25, 0.3) is 5.91 Å². The van der Waals surface area contributed by atoms with Gasteiger partial charge in [0.15, 0.2) is 0 Å². The first-order chi connectivity index (χ1) is 8.56. The summed E-state index contributed by atoms with van der Waals surface area (Å²) in [6.45, 7) is 4.82. The van der Waals surface area contributed by atoms with Crippen LogP contribution in [0, 0.1) is 0 Å². The summed E-state index contributed by atoms with van der Waals surface area (Å²) in [7, 11) is 2.06. The number of hydrogen-bond acceptors (Lipinski definition) is 4. The fourth-order valence-electron chi connectivity index (χ4n) is 1.86. The lowest BCUT2D eigenvalue weighted by atomic mass is 10.3. The van der Waals surface area contributed by atoms with Gasteiger partial charge in [0, 0.05) is 33.1 Å². The maximum Gasteiger partial charge on any atom is 0.264 e. The second kappa shape index (κ2) is 5.49. The van der Waals surface area contributed by atoms with E-state index in [1.165, 1.54) is 18.3 Å². The fourth-order valence-corrected chi connectivity index (χ4v) is 2.78. The monoisotopic (exact) mass is 267 g/mol. The second-order valence-electron chi connectivity index (χ2n) is 4.44. The molecule has 1 N–H and O–H groups in total. The highest BCUT2D eigenvalue weighted by atomic mass is 32.1. The molecule has 18 heavy (non-hydrogen) atoms. The number of likely N-dealkylation sites (N-methyl/N-ethyl adjacent to an activating group) is 1. The SMILES string of the molecule is CC(=O)Nc1ccc(C(=O)N2CCN(C)CC2)s1. The molecule has 0 aliphatic carbocycles. The van der Waals surface area contributed by atoms with E-state index in [1.807, 2.05) is 4.90 Å². The average Bonchev–Trinajstić information content (AvgIpc) is 2.76. The predicted molar refractivity (Wildman–Crippen MR) is 72.0 cm³/mol. The Morgan fingerprint density at radius 1 is 1.22 bits per heavy atom. The topological polar surface area (TPSA) is 52.7 Å². The molecule has 2 amide bonds. The Hall–Kier alpha value is -1.40. The van der Waals surface area contributed by atoms with Gasteiger partial charge in [-0.05, 0) is 19.2 Å². The largest absolute Gasteiger partial charge is 0.335 e. The summed E-state index contributed by atoms with van der Waals surface area (Å²) in [5.41, 5.74) is 0. The lowest BCUT2D eigenvalue weighted by Gasteiger charge is -2.32. The van der Waals surface area contributed by atoms with E-state index in [1.54, 1.807) is 12.1 Å². The van der Waals surface area contributed by atoms with E-state index >= 15 is 0 Å². The zero-order valence-corrected chi connectivity index (χ0v) is 11.4. The summed E-state index contributed by atoms with van der Waals surface area (Å²) >= 11 is 1.33. The summed E-state index contributed by atoms with van der Waals surface area (Å²) in [6.07, 6.45) is 0. The maximum absolute atomic E-state index is 12.2. The number of carbonyl (C=O) groups excluding carboxylic acids is 2. The number of carbonyl (C=O) groups is 2. The molecule has 98 valence electrons. The third-order valence-corrected chi connectivity index (χ3v) is 3.90. The third-order valence-electron chi connectivity index (χ3n) is 2.91. The molecule has 1 saturated heterocycles. The van der Waals surface area contributed by atoms with Crippen molar-refractivity contribution in [2.75, 3.05) is 38.5 Å². The molecule has 0 saturated carbocycles. The molecule has 0 unspecified atom stereocenters. The van der Waals surface area contributed by atoms with Crippen molar-refractivity contribution < 1.29 is 9.59 Å². The van der Waals surface area contributed by atoms with Crippen molar-refractivity contribution in [1.29, 1.82) is 0 Å². The lowest BCUT2D eigenvalue weighted by molar-refractivity contribution is -0.114. The van der Waals surface area contributed by atoms with Crippen LogP contribution in [0.15, 0.2) is 12.1 Å². The Morgan fingerprint density at radius 2 is 1.89 bits per heavy atom. The first-order valence-corrected chi connectivity index (χ1v) is 6.73. The van der Waals surface area contributed by atoms with Crippen LogP contribution in [0.2, 0.25) is 0 Å². The molecular weight excluding hydrogens is 250 g/mol. The number of thiophene rings is 1.